The van der Waals surface area contributed by atoms with Crippen molar-refractivity contribution in [3.8, 4) is 0 Å². The van der Waals surface area contributed by atoms with Crippen molar-refractivity contribution < 1.29 is 14.6 Å². The Kier molecular flexibility index (Phi) is 6.11. The molecule has 2 saturated heterocycles. The molecule has 0 unspecified atom stereocenters. The van der Waals surface area contributed by atoms with Crippen LogP contribution in [0.2, 0.25) is 0 Å². The van der Waals surface area contributed by atoms with Gasteiger partial charge in [0.1, 0.15) is 5.60 Å². The van der Waals surface area contributed by atoms with Crippen LogP contribution in [0.25, 0.3) is 0 Å². The van der Waals surface area contributed by atoms with E-state index >= 15 is 0 Å². The zero-order valence-electron chi connectivity index (χ0n) is 17.0. The van der Waals surface area contributed by atoms with E-state index in [9.17, 15) is 9.90 Å². The number of likely N-dealkylation sites (tertiary alicyclic amines) is 2. The SMILES string of the molecule is CC(C)(C)OC(=O)N1CCC2(CCN(Cc3ccccc3)CC2)[C@H](CO)C1. The van der Waals surface area contributed by atoms with Gasteiger partial charge in [0.05, 0.1) is 0 Å². The van der Waals surface area contributed by atoms with Gasteiger partial charge in [-0.2, -0.15) is 0 Å². The lowest BCUT2D eigenvalue weighted by Gasteiger charge is -2.51. The van der Waals surface area contributed by atoms with E-state index < -0.39 is 5.60 Å². The molecule has 1 atom stereocenters. The molecule has 3 rings (SSSR count). The summed E-state index contributed by atoms with van der Waals surface area (Å²) in [6.07, 6.45) is 2.88. The highest BCUT2D eigenvalue weighted by Gasteiger charge is 2.45. The molecule has 5 heteroatoms. The van der Waals surface area contributed by atoms with Crippen molar-refractivity contribution in [1.29, 1.82) is 0 Å². The molecule has 2 fully saturated rings. The first-order chi connectivity index (χ1) is 12.8. The predicted molar refractivity (Wildman–Crippen MR) is 106 cm³/mol. The van der Waals surface area contributed by atoms with E-state index in [1.54, 1.807) is 4.90 Å². The van der Waals surface area contributed by atoms with Crippen LogP contribution in [0.3, 0.4) is 0 Å². The number of amides is 1. The number of aliphatic hydroxyl groups excluding tert-OH is 1. The molecule has 2 aliphatic rings. The van der Waals surface area contributed by atoms with Crippen molar-refractivity contribution in [2.24, 2.45) is 11.3 Å². The number of hydrogen-bond donors (Lipinski definition) is 1. The molecule has 1 aromatic rings. The molecule has 0 aromatic heterocycles. The standard InChI is InChI=1S/C22H34N2O3/c1-21(2,3)27-20(26)24-14-11-22(19(16-24)17-25)9-12-23(13-10-22)15-18-7-5-4-6-8-18/h4-8,19,25H,9-17H2,1-3H3/t19-/m0/s1. The van der Waals surface area contributed by atoms with E-state index in [-0.39, 0.29) is 24.0 Å². The molecule has 0 radical (unpaired) electrons. The van der Waals surface area contributed by atoms with Crippen LogP contribution in [-0.4, -0.2) is 59.4 Å². The van der Waals surface area contributed by atoms with E-state index in [4.69, 9.17) is 4.74 Å². The second kappa shape index (κ2) is 8.19. The summed E-state index contributed by atoms with van der Waals surface area (Å²) < 4.78 is 5.53. The minimum Gasteiger partial charge on any atom is -0.444 e. The first kappa shape index (κ1) is 20.2. The third-order valence-corrected chi connectivity index (χ3v) is 6.16. The summed E-state index contributed by atoms with van der Waals surface area (Å²) in [4.78, 5) is 16.7. The predicted octanol–water partition coefficient (Wildman–Crippen LogP) is 3.52. The first-order valence-corrected chi connectivity index (χ1v) is 10.2. The summed E-state index contributed by atoms with van der Waals surface area (Å²) in [6.45, 7) is 10.2. The summed E-state index contributed by atoms with van der Waals surface area (Å²) in [5, 5.41) is 10.0. The molecule has 2 aliphatic heterocycles. The smallest absolute Gasteiger partial charge is 0.410 e. The third-order valence-electron chi connectivity index (χ3n) is 6.16. The average Bonchev–Trinajstić information content (AvgIpc) is 2.63. The number of nitrogens with zero attached hydrogens (tertiary/aromatic N) is 2. The molecule has 1 amide bonds. The number of rotatable bonds is 3. The van der Waals surface area contributed by atoms with Gasteiger partial charge in [0.2, 0.25) is 0 Å². The number of piperidine rings is 2. The van der Waals surface area contributed by atoms with E-state index in [0.29, 0.717) is 6.54 Å². The Morgan fingerprint density at radius 3 is 2.37 bits per heavy atom. The van der Waals surface area contributed by atoms with Crippen molar-refractivity contribution in [2.45, 2.75) is 52.2 Å². The Balaban J connectivity index is 1.57. The summed E-state index contributed by atoms with van der Waals surface area (Å²) in [6, 6.07) is 10.6. The third kappa shape index (κ3) is 5.02. The van der Waals surface area contributed by atoms with Gasteiger partial charge < -0.3 is 14.7 Å². The Morgan fingerprint density at radius 1 is 1.15 bits per heavy atom. The lowest BCUT2D eigenvalue weighted by Crippen LogP contribution is -2.55. The highest BCUT2D eigenvalue weighted by molar-refractivity contribution is 5.68. The molecule has 1 N–H and O–H groups in total. The Labute approximate surface area is 163 Å². The normalized spacial score (nSPS) is 23.4. The summed E-state index contributed by atoms with van der Waals surface area (Å²) >= 11 is 0. The van der Waals surface area contributed by atoms with Crippen molar-refractivity contribution in [3.05, 3.63) is 35.9 Å². The molecular formula is C22H34N2O3. The van der Waals surface area contributed by atoms with Crippen LogP contribution in [0.5, 0.6) is 0 Å². The lowest BCUT2D eigenvalue weighted by atomic mass is 9.64. The van der Waals surface area contributed by atoms with Crippen LogP contribution in [0, 0.1) is 11.3 Å². The Bertz CT molecular complexity index is 618. The molecule has 1 aromatic carbocycles. The van der Waals surface area contributed by atoms with Crippen LogP contribution in [-0.2, 0) is 11.3 Å². The fourth-order valence-corrected chi connectivity index (χ4v) is 4.51. The van der Waals surface area contributed by atoms with Gasteiger partial charge in [-0.1, -0.05) is 30.3 Å². The molecular weight excluding hydrogens is 340 g/mol. The number of hydrogen-bond acceptors (Lipinski definition) is 4. The van der Waals surface area contributed by atoms with Crippen molar-refractivity contribution in [1.82, 2.24) is 9.80 Å². The molecule has 2 heterocycles. The molecule has 0 bridgehead atoms. The minimum atomic E-state index is -0.482. The quantitative estimate of drug-likeness (QED) is 0.880. The lowest BCUT2D eigenvalue weighted by molar-refractivity contribution is -0.0501. The van der Waals surface area contributed by atoms with Gasteiger partial charge in [-0.25, -0.2) is 4.79 Å². The summed E-state index contributed by atoms with van der Waals surface area (Å²) in [7, 11) is 0. The molecule has 0 aliphatic carbocycles. The maximum absolute atomic E-state index is 12.4. The van der Waals surface area contributed by atoms with Crippen LogP contribution < -0.4 is 0 Å². The van der Waals surface area contributed by atoms with E-state index in [0.717, 1.165) is 45.4 Å². The average molecular weight is 375 g/mol. The molecule has 1 spiro atoms. The molecule has 5 nitrogen and oxygen atoms in total. The van der Waals surface area contributed by atoms with Gasteiger partial charge in [0.25, 0.3) is 0 Å². The monoisotopic (exact) mass is 374 g/mol. The van der Waals surface area contributed by atoms with E-state index in [1.165, 1.54) is 5.56 Å². The van der Waals surface area contributed by atoms with Crippen molar-refractivity contribution in [2.75, 3.05) is 32.8 Å². The van der Waals surface area contributed by atoms with Gasteiger partial charge in [-0.05, 0) is 64.1 Å². The van der Waals surface area contributed by atoms with E-state index in [1.807, 2.05) is 20.8 Å². The minimum absolute atomic E-state index is 0.137. The van der Waals surface area contributed by atoms with Gasteiger partial charge in [-0.15, -0.1) is 0 Å². The Morgan fingerprint density at radius 2 is 1.78 bits per heavy atom. The van der Waals surface area contributed by atoms with Crippen molar-refractivity contribution in [3.63, 3.8) is 0 Å². The number of ether oxygens (including phenoxy) is 1. The van der Waals surface area contributed by atoms with Crippen LogP contribution >= 0.6 is 0 Å². The second-order valence-electron chi connectivity index (χ2n) is 9.18. The molecule has 27 heavy (non-hydrogen) atoms. The fraction of sp³-hybridized carbons (Fsp3) is 0.682. The fourth-order valence-electron chi connectivity index (χ4n) is 4.51. The van der Waals surface area contributed by atoms with Crippen LogP contribution in [0.15, 0.2) is 30.3 Å². The van der Waals surface area contributed by atoms with Crippen LogP contribution in [0.4, 0.5) is 4.79 Å². The Hall–Kier alpha value is -1.59. The highest BCUT2D eigenvalue weighted by atomic mass is 16.6. The maximum atomic E-state index is 12.4. The number of aliphatic hydroxyl groups is 1. The van der Waals surface area contributed by atoms with Gasteiger partial charge in [0.15, 0.2) is 0 Å². The molecule has 150 valence electrons. The topological polar surface area (TPSA) is 53.0 Å². The van der Waals surface area contributed by atoms with Gasteiger partial charge in [0, 0.05) is 32.2 Å². The summed E-state index contributed by atoms with van der Waals surface area (Å²) in [5.41, 5.74) is 1.02. The number of carbonyl (C=O) groups is 1. The number of benzene rings is 1. The first-order valence-electron chi connectivity index (χ1n) is 10.2. The van der Waals surface area contributed by atoms with Crippen molar-refractivity contribution >= 4 is 6.09 Å². The summed E-state index contributed by atoms with van der Waals surface area (Å²) in [5.74, 6) is 0.137. The zero-order valence-corrected chi connectivity index (χ0v) is 17.0. The van der Waals surface area contributed by atoms with E-state index in [2.05, 4.69) is 35.2 Å². The molecule has 0 saturated carbocycles. The number of carbonyl (C=O) groups excluding carboxylic acids is 1. The maximum Gasteiger partial charge on any atom is 0.410 e. The highest BCUT2D eigenvalue weighted by Crippen LogP contribution is 2.45. The second-order valence-corrected chi connectivity index (χ2v) is 9.18. The largest absolute Gasteiger partial charge is 0.444 e. The van der Waals surface area contributed by atoms with Gasteiger partial charge in [-0.3, -0.25) is 4.90 Å². The van der Waals surface area contributed by atoms with Crippen LogP contribution in [0.1, 0.15) is 45.6 Å². The van der Waals surface area contributed by atoms with Gasteiger partial charge >= 0.3 is 6.09 Å². The zero-order chi connectivity index (χ0) is 19.5.